The molecule has 0 bridgehead atoms. The van der Waals surface area contributed by atoms with Crippen LogP contribution >= 0.6 is 11.6 Å². The highest BCUT2D eigenvalue weighted by atomic mass is 35.5. The normalized spacial score (nSPS) is 11.0. The van der Waals surface area contributed by atoms with Crippen molar-refractivity contribution in [1.29, 1.82) is 0 Å². The lowest BCUT2D eigenvalue weighted by Crippen LogP contribution is -2.19. The third-order valence-corrected chi connectivity index (χ3v) is 4.77. The van der Waals surface area contributed by atoms with Crippen molar-refractivity contribution in [3.05, 3.63) is 111 Å². The molecule has 0 radical (unpaired) electrons. The summed E-state index contributed by atoms with van der Waals surface area (Å²) in [7, 11) is 0. The first-order valence-electron chi connectivity index (χ1n) is 9.42. The van der Waals surface area contributed by atoms with E-state index in [9.17, 15) is 9.59 Å². The van der Waals surface area contributed by atoms with E-state index in [1.165, 1.54) is 12.5 Å². The summed E-state index contributed by atoms with van der Waals surface area (Å²) in [5.74, 6) is -0.0523. The zero-order valence-corrected chi connectivity index (χ0v) is 17.0. The Morgan fingerprint density at radius 2 is 1.77 bits per heavy atom. The molecule has 1 aromatic heterocycles. The van der Waals surface area contributed by atoms with Crippen molar-refractivity contribution >= 4 is 34.7 Å². The number of halogens is 1. The molecule has 4 aromatic rings. The number of hydrogen-bond acceptors (Lipinski definition) is 5. The number of ether oxygens (including phenoxy) is 1. The van der Waals surface area contributed by atoms with E-state index in [2.05, 4.69) is 10.5 Å². The molecule has 7 heteroatoms. The van der Waals surface area contributed by atoms with Crippen LogP contribution in [0.5, 0.6) is 5.75 Å². The Kier molecular flexibility index (Phi) is 6.10. The van der Waals surface area contributed by atoms with E-state index in [0.29, 0.717) is 27.3 Å². The number of rotatable bonds is 6. The van der Waals surface area contributed by atoms with Gasteiger partial charge in [-0.1, -0.05) is 48.0 Å². The summed E-state index contributed by atoms with van der Waals surface area (Å²) in [6.45, 7) is 0.281. The standard InChI is InChI=1S/C24H17ClN2O4/c25-18-11-9-16(10-12-18)14-30-22-8-4-2-6-20(22)24(29)27-26-13-17-15-31-21-7-3-1-5-19(21)23(17)28/h1-13,15H,14H2,(H,27,29). The van der Waals surface area contributed by atoms with Crippen LogP contribution < -0.4 is 15.6 Å². The molecule has 1 N–H and O–H groups in total. The van der Waals surface area contributed by atoms with Gasteiger partial charge < -0.3 is 9.15 Å². The van der Waals surface area contributed by atoms with Crippen molar-refractivity contribution in [2.24, 2.45) is 5.10 Å². The maximum Gasteiger partial charge on any atom is 0.275 e. The predicted octanol–water partition coefficient (Wildman–Crippen LogP) is 4.79. The third kappa shape index (κ3) is 4.82. The summed E-state index contributed by atoms with van der Waals surface area (Å²) in [4.78, 5) is 25.1. The molecule has 31 heavy (non-hydrogen) atoms. The van der Waals surface area contributed by atoms with E-state index in [1.807, 2.05) is 12.1 Å². The second kappa shape index (κ2) is 9.28. The van der Waals surface area contributed by atoms with Crippen LogP contribution in [0.4, 0.5) is 0 Å². The SMILES string of the molecule is O=C(NN=Cc1coc2ccccc2c1=O)c1ccccc1OCc1ccc(Cl)cc1. The van der Waals surface area contributed by atoms with Gasteiger partial charge in [-0.15, -0.1) is 0 Å². The second-order valence-electron chi connectivity index (χ2n) is 6.63. The molecular weight excluding hydrogens is 416 g/mol. The van der Waals surface area contributed by atoms with Gasteiger partial charge in [-0.3, -0.25) is 9.59 Å². The van der Waals surface area contributed by atoms with Crippen LogP contribution in [0, 0.1) is 0 Å². The van der Waals surface area contributed by atoms with Crippen molar-refractivity contribution in [3.8, 4) is 5.75 Å². The largest absolute Gasteiger partial charge is 0.488 e. The van der Waals surface area contributed by atoms with Gasteiger partial charge in [0.1, 0.15) is 24.2 Å². The smallest absolute Gasteiger partial charge is 0.275 e. The van der Waals surface area contributed by atoms with Crippen LogP contribution in [0.3, 0.4) is 0 Å². The van der Waals surface area contributed by atoms with Gasteiger partial charge in [-0.25, -0.2) is 5.43 Å². The molecule has 154 valence electrons. The van der Waals surface area contributed by atoms with Gasteiger partial charge in [0, 0.05) is 5.02 Å². The number of nitrogens with zero attached hydrogens (tertiary/aromatic N) is 1. The molecule has 1 amide bonds. The topological polar surface area (TPSA) is 80.9 Å². The molecule has 1 heterocycles. The monoisotopic (exact) mass is 432 g/mol. The van der Waals surface area contributed by atoms with Gasteiger partial charge in [0.05, 0.1) is 22.7 Å². The summed E-state index contributed by atoms with van der Waals surface area (Å²) in [5.41, 5.74) is 4.14. The minimum Gasteiger partial charge on any atom is -0.488 e. The maximum atomic E-state index is 12.6. The minimum atomic E-state index is -0.465. The van der Waals surface area contributed by atoms with Crippen molar-refractivity contribution in [1.82, 2.24) is 5.43 Å². The molecular formula is C24H17ClN2O4. The zero-order chi connectivity index (χ0) is 21.6. The zero-order valence-electron chi connectivity index (χ0n) is 16.2. The Hall–Kier alpha value is -3.90. The number of hydrogen-bond donors (Lipinski definition) is 1. The first-order valence-corrected chi connectivity index (χ1v) is 9.80. The van der Waals surface area contributed by atoms with Gasteiger partial charge in [-0.2, -0.15) is 5.10 Å². The summed E-state index contributed by atoms with van der Waals surface area (Å²) in [5, 5.41) is 4.98. The highest BCUT2D eigenvalue weighted by molar-refractivity contribution is 6.30. The Balaban J connectivity index is 1.46. The minimum absolute atomic E-state index is 0.228. The predicted molar refractivity (Wildman–Crippen MR) is 120 cm³/mol. The average molecular weight is 433 g/mol. The molecule has 0 saturated heterocycles. The van der Waals surface area contributed by atoms with Gasteiger partial charge in [0.15, 0.2) is 0 Å². The number of benzene rings is 3. The van der Waals surface area contributed by atoms with E-state index >= 15 is 0 Å². The molecule has 6 nitrogen and oxygen atoms in total. The number of amides is 1. The summed E-state index contributed by atoms with van der Waals surface area (Å²) in [6, 6.07) is 21.0. The van der Waals surface area contributed by atoms with Crippen LogP contribution in [0.15, 0.2) is 93.4 Å². The fraction of sp³-hybridized carbons (Fsp3) is 0.0417. The quantitative estimate of drug-likeness (QED) is 0.351. The second-order valence-corrected chi connectivity index (χ2v) is 7.06. The van der Waals surface area contributed by atoms with Crippen LogP contribution in [-0.2, 0) is 6.61 Å². The van der Waals surface area contributed by atoms with E-state index in [4.69, 9.17) is 20.8 Å². The van der Waals surface area contributed by atoms with Crippen molar-refractivity contribution in [2.75, 3.05) is 0 Å². The van der Waals surface area contributed by atoms with Crippen LogP contribution in [0.2, 0.25) is 5.02 Å². The number of carbonyl (C=O) groups is 1. The van der Waals surface area contributed by atoms with Gasteiger partial charge in [-0.05, 0) is 42.0 Å². The Labute approximate surface area is 182 Å². The molecule has 3 aromatic carbocycles. The fourth-order valence-electron chi connectivity index (χ4n) is 2.92. The lowest BCUT2D eigenvalue weighted by molar-refractivity contribution is 0.0950. The Bertz CT molecular complexity index is 1310. The number of carbonyl (C=O) groups excluding carboxylic acids is 1. The van der Waals surface area contributed by atoms with E-state index < -0.39 is 5.91 Å². The van der Waals surface area contributed by atoms with Crippen LogP contribution in [0.1, 0.15) is 21.5 Å². The Morgan fingerprint density at radius 1 is 1.03 bits per heavy atom. The highest BCUT2D eigenvalue weighted by Crippen LogP contribution is 2.20. The first-order chi connectivity index (χ1) is 15.1. The molecule has 0 unspecified atom stereocenters. The number of nitrogens with one attached hydrogen (secondary N) is 1. The van der Waals surface area contributed by atoms with Crippen molar-refractivity contribution < 1.29 is 13.9 Å². The fourth-order valence-corrected chi connectivity index (χ4v) is 3.05. The van der Waals surface area contributed by atoms with Crippen LogP contribution in [0.25, 0.3) is 11.0 Å². The van der Waals surface area contributed by atoms with Crippen molar-refractivity contribution in [3.63, 3.8) is 0 Å². The van der Waals surface area contributed by atoms with Crippen LogP contribution in [-0.4, -0.2) is 12.1 Å². The third-order valence-electron chi connectivity index (χ3n) is 4.52. The van der Waals surface area contributed by atoms with E-state index in [-0.39, 0.29) is 17.6 Å². The molecule has 0 saturated carbocycles. The lowest BCUT2D eigenvalue weighted by atomic mass is 10.2. The first kappa shape index (κ1) is 20.4. The van der Waals surface area contributed by atoms with Crippen molar-refractivity contribution in [2.45, 2.75) is 6.61 Å². The van der Waals surface area contributed by atoms with E-state index in [1.54, 1.807) is 60.7 Å². The summed E-state index contributed by atoms with van der Waals surface area (Å²) in [6.07, 6.45) is 2.57. The number of para-hydroxylation sites is 2. The number of hydrazone groups is 1. The summed E-state index contributed by atoms with van der Waals surface area (Å²) >= 11 is 5.89. The molecule has 0 aliphatic carbocycles. The molecule has 0 aliphatic heterocycles. The van der Waals surface area contributed by atoms with Gasteiger partial charge in [0.25, 0.3) is 5.91 Å². The number of fused-ring (bicyclic) bond motifs is 1. The molecule has 0 spiro atoms. The lowest BCUT2D eigenvalue weighted by Gasteiger charge is -2.10. The summed E-state index contributed by atoms with van der Waals surface area (Å²) < 4.78 is 11.2. The molecule has 0 atom stereocenters. The Morgan fingerprint density at radius 3 is 2.61 bits per heavy atom. The maximum absolute atomic E-state index is 12.6. The average Bonchev–Trinajstić information content (AvgIpc) is 2.80. The van der Waals surface area contributed by atoms with E-state index in [0.717, 1.165) is 5.56 Å². The molecule has 4 rings (SSSR count). The van der Waals surface area contributed by atoms with Gasteiger partial charge in [0.2, 0.25) is 5.43 Å². The molecule has 0 fully saturated rings. The highest BCUT2D eigenvalue weighted by Gasteiger charge is 2.12. The van der Waals surface area contributed by atoms with Gasteiger partial charge >= 0.3 is 0 Å². The molecule has 0 aliphatic rings.